The average molecular weight is 469 g/mol. The predicted molar refractivity (Wildman–Crippen MR) is 126 cm³/mol. The molecule has 1 aliphatic rings. The average Bonchev–Trinajstić information content (AvgIpc) is 3.30. The molecule has 0 unspecified atom stereocenters. The Kier molecular flexibility index (Phi) is 5.55. The molecule has 0 amide bonds. The van der Waals surface area contributed by atoms with Crippen molar-refractivity contribution in [2.75, 3.05) is 38.3 Å². The molecule has 1 fully saturated rings. The second-order valence-electron chi connectivity index (χ2n) is 8.55. The lowest BCUT2D eigenvalue weighted by atomic mass is 10.1. The topological polar surface area (TPSA) is 86.8 Å². The number of aromatic nitrogens is 5. The van der Waals surface area contributed by atoms with Crippen molar-refractivity contribution in [1.82, 2.24) is 24.1 Å². The zero-order chi connectivity index (χ0) is 23.2. The summed E-state index contributed by atoms with van der Waals surface area (Å²) in [5, 5.41) is 9.29. The van der Waals surface area contributed by atoms with Gasteiger partial charge in [-0.15, -0.1) is 10.2 Å². The van der Waals surface area contributed by atoms with Gasteiger partial charge >= 0.3 is 5.69 Å². The van der Waals surface area contributed by atoms with Gasteiger partial charge in [0.2, 0.25) is 0 Å². The van der Waals surface area contributed by atoms with Crippen LogP contribution in [0.4, 0.5) is 5.69 Å². The van der Waals surface area contributed by atoms with Gasteiger partial charge in [0.05, 0.1) is 37.2 Å². The number of rotatable bonds is 5. The normalized spacial score (nSPS) is 15.0. The number of pyridine rings is 1. The third-order valence-electron chi connectivity index (χ3n) is 6.12. The number of ether oxygens (including phenoxy) is 2. The van der Waals surface area contributed by atoms with Crippen molar-refractivity contribution in [3.05, 3.63) is 63.4 Å². The van der Waals surface area contributed by atoms with Gasteiger partial charge in [-0.05, 0) is 37.6 Å². The zero-order valence-corrected chi connectivity index (χ0v) is 19.5. The van der Waals surface area contributed by atoms with E-state index in [0.29, 0.717) is 47.3 Å². The van der Waals surface area contributed by atoms with Crippen LogP contribution in [0.25, 0.3) is 16.7 Å². The summed E-state index contributed by atoms with van der Waals surface area (Å²) in [4.78, 5) is 20.8. The summed E-state index contributed by atoms with van der Waals surface area (Å²) >= 11 is 6.07. The van der Waals surface area contributed by atoms with Gasteiger partial charge in [0.1, 0.15) is 11.1 Å². The molecule has 1 aliphatic heterocycles. The summed E-state index contributed by atoms with van der Waals surface area (Å²) in [6.45, 7) is 6.92. The van der Waals surface area contributed by atoms with Crippen molar-refractivity contribution in [1.29, 1.82) is 0 Å². The van der Waals surface area contributed by atoms with Crippen LogP contribution < -0.4 is 10.6 Å². The molecule has 172 valence electrons. The van der Waals surface area contributed by atoms with Gasteiger partial charge in [-0.2, -0.15) is 0 Å². The first-order valence-corrected chi connectivity index (χ1v) is 11.2. The minimum absolute atomic E-state index is 0.251. The fourth-order valence-electron chi connectivity index (χ4n) is 4.06. The van der Waals surface area contributed by atoms with E-state index in [1.54, 1.807) is 11.7 Å². The smallest absolute Gasteiger partial charge is 0.336 e. The van der Waals surface area contributed by atoms with Gasteiger partial charge in [-0.1, -0.05) is 23.7 Å². The van der Waals surface area contributed by atoms with Crippen molar-refractivity contribution < 1.29 is 9.47 Å². The molecule has 0 N–H and O–H groups in total. The molecule has 1 saturated heterocycles. The first-order valence-electron chi connectivity index (χ1n) is 10.8. The van der Waals surface area contributed by atoms with Gasteiger partial charge in [0, 0.05) is 25.2 Å². The monoisotopic (exact) mass is 468 g/mol. The molecule has 3 aromatic heterocycles. The van der Waals surface area contributed by atoms with Crippen molar-refractivity contribution in [3.8, 4) is 0 Å². The highest BCUT2D eigenvalue weighted by Crippen LogP contribution is 2.27. The molecule has 0 radical (unpaired) electrons. The van der Waals surface area contributed by atoms with Crippen LogP contribution in [0.1, 0.15) is 25.2 Å². The molecule has 4 heterocycles. The minimum atomic E-state index is -0.807. The number of methoxy groups -OCH3 is 1. The van der Waals surface area contributed by atoms with E-state index in [4.69, 9.17) is 26.1 Å². The maximum absolute atomic E-state index is 13.8. The Hall–Kier alpha value is -3.01. The van der Waals surface area contributed by atoms with Gasteiger partial charge < -0.3 is 14.4 Å². The van der Waals surface area contributed by atoms with E-state index in [0.717, 1.165) is 24.3 Å². The molecule has 5 rings (SSSR count). The highest BCUT2D eigenvalue weighted by atomic mass is 35.5. The summed E-state index contributed by atoms with van der Waals surface area (Å²) in [7, 11) is 1.58. The van der Waals surface area contributed by atoms with E-state index >= 15 is 0 Å². The maximum Gasteiger partial charge on any atom is 0.336 e. The van der Waals surface area contributed by atoms with Crippen LogP contribution in [-0.4, -0.2) is 57.6 Å². The molecular weight excluding hydrogens is 444 g/mol. The van der Waals surface area contributed by atoms with Crippen LogP contribution in [0.5, 0.6) is 0 Å². The van der Waals surface area contributed by atoms with Crippen molar-refractivity contribution in [2.24, 2.45) is 0 Å². The Bertz CT molecular complexity index is 1370. The Balaban J connectivity index is 1.77. The molecule has 0 aliphatic carbocycles. The molecule has 9 nitrogen and oxygen atoms in total. The molecule has 10 heteroatoms. The highest BCUT2D eigenvalue weighted by Gasteiger charge is 2.29. The lowest BCUT2D eigenvalue weighted by Gasteiger charge is -2.29. The molecule has 1 aromatic carbocycles. The molecule has 4 aromatic rings. The Labute approximate surface area is 195 Å². The maximum atomic E-state index is 13.8. The second-order valence-corrected chi connectivity index (χ2v) is 8.99. The molecule has 0 spiro atoms. The molecular formula is C23H25ClN6O3. The predicted octanol–water partition coefficient (Wildman–Crippen LogP) is 2.86. The summed E-state index contributed by atoms with van der Waals surface area (Å²) in [6, 6.07) is 9.46. The lowest BCUT2D eigenvalue weighted by molar-refractivity contribution is 0.0103. The van der Waals surface area contributed by atoms with E-state index in [9.17, 15) is 4.79 Å². The number of anilines is 1. The Morgan fingerprint density at radius 3 is 2.58 bits per heavy atom. The highest BCUT2D eigenvalue weighted by molar-refractivity contribution is 6.30. The zero-order valence-electron chi connectivity index (χ0n) is 18.8. The number of nitrogens with zero attached hydrogens (tertiary/aromatic N) is 6. The Morgan fingerprint density at radius 2 is 1.88 bits per heavy atom. The van der Waals surface area contributed by atoms with Crippen LogP contribution in [0.15, 0.2) is 41.3 Å². The quantitative estimate of drug-likeness (QED) is 0.445. The van der Waals surface area contributed by atoms with E-state index in [1.807, 2.05) is 50.4 Å². The summed E-state index contributed by atoms with van der Waals surface area (Å²) in [5.41, 5.74) is 2.54. The minimum Gasteiger partial charge on any atom is -0.378 e. The van der Waals surface area contributed by atoms with Gasteiger partial charge in [0.15, 0.2) is 11.5 Å². The number of fused-ring (bicyclic) bond motifs is 3. The number of hydrogen-bond acceptors (Lipinski definition) is 7. The second kappa shape index (κ2) is 8.40. The summed E-state index contributed by atoms with van der Waals surface area (Å²) < 4.78 is 14.3. The number of benzene rings is 1. The van der Waals surface area contributed by atoms with Crippen LogP contribution in [0.3, 0.4) is 0 Å². The standard InChI is InChI=1S/C23H25ClN6O3/c1-23(2,32-3)21-27-26-20-19-18(12-17(13-25-19)28-8-10-33-11-9-28)29(22(31)30(20)21)14-15-4-6-16(24)7-5-15/h4-7,12-13H,8-11,14H2,1-3H3. The number of halogens is 1. The van der Waals surface area contributed by atoms with E-state index < -0.39 is 5.60 Å². The van der Waals surface area contributed by atoms with Gasteiger partial charge in [-0.3, -0.25) is 4.57 Å². The third-order valence-corrected chi connectivity index (χ3v) is 6.37. The number of hydrogen-bond donors (Lipinski definition) is 0. The van der Waals surface area contributed by atoms with Crippen molar-refractivity contribution >= 4 is 34.0 Å². The van der Waals surface area contributed by atoms with Crippen LogP contribution >= 0.6 is 11.6 Å². The van der Waals surface area contributed by atoms with E-state index in [2.05, 4.69) is 15.1 Å². The summed E-state index contributed by atoms with van der Waals surface area (Å²) in [6.07, 6.45) is 1.82. The Morgan fingerprint density at radius 1 is 1.15 bits per heavy atom. The fourth-order valence-corrected chi connectivity index (χ4v) is 4.19. The van der Waals surface area contributed by atoms with Gasteiger partial charge in [0.25, 0.3) is 0 Å². The molecule has 33 heavy (non-hydrogen) atoms. The van der Waals surface area contributed by atoms with Crippen LogP contribution in [0, 0.1) is 0 Å². The molecule has 0 saturated carbocycles. The first kappa shape index (κ1) is 21.8. The van der Waals surface area contributed by atoms with Gasteiger partial charge in [-0.25, -0.2) is 14.2 Å². The third kappa shape index (κ3) is 3.86. The van der Waals surface area contributed by atoms with Crippen molar-refractivity contribution in [2.45, 2.75) is 26.0 Å². The largest absolute Gasteiger partial charge is 0.378 e. The van der Waals surface area contributed by atoms with Crippen LogP contribution in [0.2, 0.25) is 5.02 Å². The van der Waals surface area contributed by atoms with E-state index in [-0.39, 0.29) is 5.69 Å². The fraction of sp³-hybridized carbons (Fsp3) is 0.391. The summed E-state index contributed by atoms with van der Waals surface area (Å²) in [5.74, 6) is 0.427. The lowest BCUT2D eigenvalue weighted by Crippen LogP contribution is -2.36. The first-order chi connectivity index (χ1) is 15.9. The van der Waals surface area contributed by atoms with E-state index in [1.165, 1.54) is 4.40 Å². The molecule has 0 atom stereocenters. The SMILES string of the molecule is COC(C)(C)c1nnc2c3ncc(N4CCOCC4)cc3n(Cc3ccc(Cl)cc3)c(=O)n12. The van der Waals surface area contributed by atoms with Crippen LogP contribution in [-0.2, 0) is 21.6 Å². The molecule has 0 bridgehead atoms. The number of morpholine rings is 1. The van der Waals surface area contributed by atoms with Crippen molar-refractivity contribution in [3.63, 3.8) is 0 Å².